The predicted molar refractivity (Wildman–Crippen MR) is 131 cm³/mol. The summed E-state index contributed by atoms with van der Waals surface area (Å²) in [6, 6.07) is 9.35. The van der Waals surface area contributed by atoms with Crippen molar-refractivity contribution in [3.63, 3.8) is 0 Å². The first-order valence-corrected chi connectivity index (χ1v) is 11.7. The van der Waals surface area contributed by atoms with E-state index >= 15 is 0 Å². The molecular weight excluding hydrogens is 444 g/mol. The smallest absolute Gasteiger partial charge is 0.290 e. The highest BCUT2D eigenvalue weighted by Crippen LogP contribution is 2.32. The van der Waals surface area contributed by atoms with Crippen LogP contribution in [0.15, 0.2) is 69.6 Å². The lowest BCUT2D eigenvalue weighted by Crippen LogP contribution is -2.52. The van der Waals surface area contributed by atoms with Gasteiger partial charge in [-0.2, -0.15) is 0 Å². The van der Waals surface area contributed by atoms with Crippen LogP contribution in [0, 0.1) is 0 Å². The second-order valence-corrected chi connectivity index (χ2v) is 8.96. The average Bonchev–Trinajstić information content (AvgIpc) is 3.63. The topological polar surface area (TPSA) is 115 Å². The van der Waals surface area contributed by atoms with E-state index in [-0.39, 0.29) is 23.6 Å². The quantitative estimate of drug-likeness (QED) is 0.457. The molecule has 0 saturated heterocycles. The number of hydrogen-bond acceptors (Lipinski definition) is 6. The molecule has 35 heavy (non-hydrogen) atoms. The Labute approximate surface area is 202 Å². The third kappa shape index (κ3) is 3.69. The maximum absolute atomic E-state index is 13.7. The van der Waals surface area contributed by atoms with Gasteiger partial charge in [0.1, 0.15) is 6.04 Å². The molecule has 0 saturated carbocycles. The molecule has 2 atom stereocenters. The average molecular weight is 471 g/mol. The first kappa shape index (κ1) is 21.3. The van der Waals surface area contributed by atoms with Gasteiger partial charge in [-0.1, -0.05) is 24.3 Å². The summed E-state index contributed by atoms with van der Waals surface area (Å²) in [6.07, 6.45) is 8.64. The summed E-state index contributed by atoms with van der Waals surface area (Å²) in [5.74, 6) is -0.248. The molecule has 0 bridgehead atoms. The van der Waals surface area contributed by atoms with Crippen molar-refractivity contribution < 1.29 is 14.0 Å². The van der Waals surface area contributed by atoms with E-state index in [4.69, 9.17) is 4.42 Å². The molecule has 4 heterocycles. The van der Waals surface area contributed by atoms with Crippen LogP contribution >= 0.6 is 0 Å². The standard InChI is InChI=1S/C26H26N6O3/c1-27-25(33)23-11-18-17-4-2-3-5-19(17)31-22(18)13-32(23)26(34)24-15(8-9-35-24)12-28-16-6-7-20-21(10-16)30-14-29-20/h2-6,8-10,14,20,23,28,31H,7,11-13H2,1H3,(H,27,33)(H,29,30)/t20?,23-/m1/s1. The molecule has 0 radical (unpaired) electrons. The van der Waals surface area contributed by atoms with Gasteiger partial charge in [-0.3, -0.25) is 14.6 Å². The number of benzene rings is 1. The zero-order chi connectivity index (χ0) is 23.9. The number of fused-ring (bicyclic) bond motifs is 4. The summed E-state index contributed by atoms with van der Waals surface area (Å²) in [6.45, 7) is 0.730. The van der Waals surface area contributed by atoms with Crippen molar-refractivity contribution in [3.05, 3.63) is 82.7 Å². The van der Waals surface area contributed by atoms with E-state index in [2.05, 4.69) is 32.0 Å². The SMILES string of the molecule is CNC(=O)[C@H]1Cc2c([nH]c3ccccc23)CN1C(=O)c1occc1CNC1=CCC2N=CNC2=C1. The zero-order valence-electron chi connectivity index (χ0n) is 19.3. The van der Waals surface area contributed by atoms with Gasteiger partial charge in [0.25, 0.3) is 5.91 Å². The van der Waals surface area contributed by atoms with Gasteiger partial charge in [-0.25, -0.2) is 0 Å². The molecular formula is C26H26N6O3. The van der Waals surface area contributed by atoms with Crippen molar-refractivity contribution >= 4 is 29.1 Å². The Morgan fingerprint density at radius 3 is 3.03 bits per heavy atom. The lowest BCUT2D eigenvalue weighted by molar-refractivity contribution is -0.125. The molecule has 3 aliphatic rings. The Kier molecular flexibility index (Phi) is 5.17. The van der Waals surface area contributed by atoms with Gasteiger partial charge >= 0.3 is 0 Å². The molecule has 6 rings (SSSR count). The molecule has 0 fully saturated rings. The van der Waals surface area contributed by atoms with Crippen molar-refractivity contribution in [3.8, 4) is 0 Å². The van der Waals surface area contributed by atoms with Crippen molar-refractivity contribution in [1.29, 1.82) is 0 Å². The highest BCUT2D eigenvalue weighted by molar-refractivity contribution is 5.98. The molecule has 3 aromatic rings. The van der Waals surface area contributed by atoms with Crippen LogP contribution in [0.5, 0.6) is 0 Å². The van der Waals surface area contributed by atoms with E-state index in [1.165, 1.54) is 6.26 Å². The molecule has 2 amide bonds. The fourth-order valence-electron chi connectivity index (χ4n) is 5.10. The number of carbonyl (C=O) groups excluding carboxylic acids is 2. The van der Waals surface area contributed by atoms with E-state index in [0.717, 1.165) is 45.5 Å². The second kappa shape index (κ2) is 8.50. The molecule has 1 aliphatic carbocycles. The minimum absolute atomic E-state index is 0.168. The van der Waals surface area contributed by atoms with Crippen LogP contribution in [0.2, 0.25) is 0 Å². The number of H-pyrrole nitrogens is 1. The first-order chi connectivity index (χ1) is 17.1. The van der Waals surface area contributed by atoms with Gasteiger partial charge in [-0.15, -0.1) is 0 Å². The number of aromatic nitrogens is 1. The van der Waals surface area contributed by atoms with Gasteiger partial charge in [0.05, 0.1) is 25.2 Å². The largest absolute Gasteiger partial charge is 0.459 e. The highest BCUT2D eigenvalue weighted by Gasteiger charge is 2.38. The minimum atomic E-state index is -0.624. The monoisotopic (exact) mass is 470 g/mol. The number of likely N-dealkylation sites (N-methyl/N-ethyl adjacent to an activating group) is 1. The van der Waals surface area contributed by atoms with Crippen molar-refractivity contribution in [2.24, 2.45) is 4.99 Å². The maximum atomic E-state index is 13.7. The number of furan rings is 1. The van der Waals surface area contributed by atoms with Crippen LogP contribution in [0.3, 0.4) is 0 Å². The minimum Gasteiger partial charge on any atom is -0.459 e. The molecule has 1 unspecified atom stereocenters. The molecule has 9 nitrogen and oxygen atoms in total. The number of hydrogen-bond donors (Lipinski definition) is 4. The van der Waals surface area contributed by atoms with Crippen LogP contribution in [0.1, 0.15) is 33.8 Å². The number of aliphatic imine (C=N–C) groups is 1. The lowest BCUT2D eigenvalue weighted by Gasteiger charge is -2.34. The Hall–Kier alpha value is -4.27. The van der Waals surface area contributed by atoms with Gasteiger partial charge in [-0.05, 0) is 30.2 Å². The normalized spacial score (nSPS) is 20.5. The molecule has 2 aliphatic heterocycles. The van der Waals surface area contributed by atoms with E-state index < -0.39 is 6.04 Å². The number of allylic oxidation sites excluding steroid dienone is 1. The van der Waals surface area contributed by atoms with Gasteiger partial charge in [0, 0.05) is 53.6 Å². The number of nitrogens with one attached hydrogen (secondary N) is 4. The third-order valence-electron chi connectivity index (χ3n) is 6.95. The summed E-state index contributed by atoms with van der Waals surface area (Å²) in [7, 11) is 1.60. The van der Waals surface area contributed by atoms with Gasteiger partial charge in [0.2, 0.25) is 5.91 Å². The summed E-state index contributed by atoms with van der Waals surface area (Å²) >= 11 is 0. The van der Waals surface area contributed by atoms with Crippen LogP contribution < -0.4 is 16.0 Å². The molecule has 0 spiro atoms. The summed E-state index contributed by atoms with van der Waals surface area (Å²) in [5.41, 5.74) is 5.81. The fraction of sp³-hybridized carbons (Fsp3) is 0.269. The number of para-hydroxylation sites is 1. The van der Waals surface area contributed by atoms with E-state index in [9.17, 15) is 9.59 Å². The summed E-state index contributed by atoms with van der Waals surface area (Å²) in [4.78, 5) is 35.9. The molecule has 9 heteroatoms. The van der Waals surface area contributed by atoms with Crippen molar-refractivity contribution in [2.45, 2.75) is 38.0 Å². The van der Waals surface area contributed by atoms with Crippen molar-refractivity contribution in [1.82, 2.24) is 25.8 Å². The number of nitrogens with zero attached hydrogens (tertiary/aromatic N) is 2. The Balaban J connectivity index is 1.24. The fourth-order valence-corrected chi connectivity index (χ4v) is 5.10. The lowest BCUT2D eigenvalue weighted by atomic mass is 9.95. The second-order valence-electron chi connectivity index (χ2n) is 8.96. The van der Waals surface area contributed by atoms with E-state index in [1.807, 2.05) is 30.3 Å². The van der Waals surface area contributed by atoms with Gasteiger partial charge < -0.3 is 30.3 Å². The number of amides is 2. The summed E-state index contributed by atoms with van der Waals surface area (Å²) < 4.78 is 5.66. The molecule has 2 aromatic heterocycles. The maximum Gasteiger partial charge on any atom is 0.290 e. The Morgan fingerprint density at radius 2 is 2.14 bits per heavy atom. The van der Waals surface area contributed by atoms with Crippen LogP contribution in [0.25, 0.3) is 10.9 Å². The first-order valence-electron chi connectivity index (χ1n) is 11.7. The predicted octanol–water partition coefficient (Wildman–Crippen LogP) is 2.34. The van der Waals surface area contributed by atoms with Crippen LogP contribution in [-0.4, -0.2) is 47.2 Å². The van der Waals surface area contributed by atoms with E-state index in [1.54, 1.807) is 24.4 Å². The highest BCUT2D eigenvalue weighted by atomic mass is 16.3. The Bertz CT molecular complexity index is 1410. The molecule has 4 N–H and O–H groups in total. The number of aromatic amines is 1. The van der Waals surface area contributed by atoms with Crippen molar-refractivity contribution in [2.75, 3.05) is 7.05 Å². The molecule has 1 aromatic carbocycles. The zero-order valence-corrected chi connectivity index (χ0v) is 19.3. The Morgan fingerprint density at radius 1 is 1.26 bits per heavy atom. The summed E-state index contributed by atoms with van der Waals surface area (Å²) in [5, 5.41) is 10.4. The third-order valence-corrected chi connectivity index (χ3v) is 6.95. The molecule has 178 valence electrons. The van der Waals surface area contributed by atoms with Crippen LogP contribution in [0.4, 0.5) is 0 Å². The van der Waals surface area contributed by atoms with Gasteiger partial charge in [0.15, 0.2) is 5.76 Å². The van der Waals surface area contributed by atoms with Crippen LogP contribution in [-0.2, 0) is 24.3 Å². The number of rotatable bonds is 5. The number of carbonyl (C=O) groups is 2. The van der Waals surface area contributed by atoms with E-state index in [0.29, 0.717) is 19.5 Å².